The van der Waals surface area contributed by atoms with Gasteiger partial charge in [-0.1, -0.05) is 126 Å². The van der Waals surface area contributed by atoms with Crippen molar-refractivity contribution < 1.29 is 0 Å². The maximum Gasteiger partial charge on any atom is -0.0120 e. The zero-order valence-corrected chi connectivity index (χ0v) is 21.1. The van der Waals surface area contributed by atoms with Gasteiger partial charge in [-0.15, -0.1) is 0 Å². The molecule has 0 fully saturated rings. The van der Waals surface area contributed by atoms with Crippen molar-refractivity contribution in [3.63, 3.8) is 0 Å². The first-order valence-electron chi connectivity index (χ1n) is 11.8. The van der Waals surface area contributed by atoms with Crippen molar-refractivity contribution in [2.75, 3.05) is 0 Å². The smallest absolute Gasteiger partial charge is 0.0120 e. The molecule has 3 unspecified atom stereocenters. The van der Waals surface area contributed by atoms with E-state index in [9.17, 15) is 0 Å². The predicted octanol–water partition coefficient (Wildman–Crippen LogP) is 9.63. The van der Waals surface area contributed by atoms with Crippen molar-refractivity contribution in [3.05, 3.63) is 36.5 Å². The molecule has 0 aromatic rings. The topological polar surface area (TPSA) is 0 Å². The minimum absolute atomic E-state index is 0.250. The molecule has 0 aliphatic heterocycles. The van der Waals surface area contributed by atoms with Gasteiger partial charge in [0.15, 0.2) is 0 Å². The third-order valence-electron chi connectivity index (χ3n) is 6.43. The third kappa shape index (κ3) is 9.62. The molecule has 0 aromatic heterocycles. The zero-order chi connectivity index (χ0) is 22.1. The van der Waals surface area contributed by atoms with Gasteiger partial charge in [-0.05, 0) is 52.9 Å². The molecule has 0 spiro atoms. The summed E-state index contributed by atoms with van der Waals surface area (Å²) in [6, 6.07) is 0. The fraction of sp³-hybridized carbons (Fsp3) is 0.786. The van der Waals surface area contributed by atoms with Crippen molar-refractivity contribution in [1.82, 2.24) is 0 Å². The van der Waals surface area contributed by atoms with Gasteiger partial charge >= 0.3 is 0 Å². The molecule has 0 saturated heterocycles. The van der Waals surface area contributed by atoms with Crippen LogP contribution in [0.15, 0.2) is 36.5 Å². The lowest BCUT2D eigenvalue weighted by Crippen LogP contribution is -2.34. The Balaban J connectivity index is 6.07. The average Bonchev–Trinajstić information content (AvgIpc) is 2.56. The first-order chi connectivity index (χ1) is 12.8. The Hall–Kier alpha value is -0.780. The van der Waals surface area contributed by atoms with Gasteiger partial charge in [-0.3, -0.25) is 0 Å². The highest BCUT2D eigenvalue weighted by Crippen LogP contribution is 2.46. The molecule has 0 nitrogen and oxygen atoms in total. The van der Waals surface area contributed by atoms with Crippen LogP contribution >= 0.6 is 0 Å². The molecule has 28 heavy (non-hydrogen) atoms. The SMILES string of the molecule is C=CC(=C)/C=C(\C(C)C(C)CCC(C)(C)C)C(C(CCC)CCC)C(C)(C)C. The lowest BCUT2D eigenvalue weighted by molar-refractivity contribution is 0.153. The van der Waals surface area contributed by atoms with E-state index in [1.165, 1.54) is 38.5 Å². The van der Waals surface area contributed by atoms with Crippen LogP contribution in [0, 0.1) is 34.5 Å². The van der Waals surface area contributed by atoms with E-state index >= 15 is 0 Å². The van der Waals surface area contributed by atoms with E-state index in [2.05, 4.69) is 88.5 Å². The molecule has 0 heteroatoms. The molecule has 0 heterocycles. The molecule has 0 aliphatic rings. The summed E-state index contributed by atoms with van der Waals surface area (Å²) in [5.41, 5.74) is 3.33. The molecule has 0 aromatic carbocycles. The van der Waals surface area contributed by atoms with Gasteiger partial charge in [0.25, 0.3) is 0 Å². The maximum atomic E-state index is 4.26. The van der Waals surface area contributed by atoms with Crippen LogP contribution in [0.25, 0.3) is 0 Å². The molecule has 0 radical (unpaired) electrons. The summed E-state index contributed by atoms with van der Waals surface area (Å²) >= 11 is 0. The van der Waals surface area contributed by atoms with E-state index in [0.29, 0.717) is 23.2 Å². The van der Waals surface area contributed by atoms with E-state index in [-0.39, 0.29) is 5.41 Å². The second-order valence-electron chi connectivity index (χ2n) is 11.5. The van der Waals surface area contributed by atoms with Gasteiger partial charge < -0.3 is 0 Å². The highest BCUT2D eigenvalue weighted by Gasteiger charge is 2.37. The van der Waals surface area contributed by atoms with Crippen molar-refractivity contribution in [2.45, 2.75) is 108 Å². The molecule has 0 N–H and O–H groups in total. The standard InChI is InChI=1S/C28H52/c1-13-16-24(17-14-2)26(28(10,11)12)25(20-21(4)15-3)23(6)22(5)18-19-27(7,8)9/h15,20,22-24,26H,3-4,13-14,16-19H2,1-2,5-12H3/b25-20+. The summed E-state index contributed by atoms with van der Waals surface area (Å²) < 4.78 is 0. The fourth-order valence-electron chi connectivity index (χ4n) is 4.72. The summed E-state index contributed by atoms with van der Waals surface area (Å²) in [5.74, 6) is 2.59. The van der Waals surface area contributed by atoms with Crippen LogP contribution in [-0.4, -0.2) is 0 Å². The fourth-order valence-corrected chi connectivity index (χ4v) is 4.72. The van der Waals surface area contributed by atoms with Crippen molar-refractivity contribution in [3.8, 4) is 0 Å². The monoisotopic (exact) mass is 388 g/mol. The van der Waals surface area contributed by atoms with Crippen molar-refractivity contribution in [2.24, 2.45) is 34.5 Å². The van der Waals surface area contributed by atoms with Crippen LogP contribution in [-0.2, 0) is 0 Å². The Morgan fingerprint density at radius 1 is 0.893 bits per heavy atom. The number of hydrogen-bond donors (Lipinski definition) is 0. The zero-order valence-electron chi connectivity index (χ0n) is 21.1. The highest BCUT2D eigenvalue weighted by atomic mass is 14.4. The summed E-state index contributed by atoms with van der Waals surface area (Å²) in [5, 5.41) is 0. The number of hydrogen-bond acceptors (Lipinski definition) is 0. The summed E-state index contributed by atoms with van der Waals surface area (Å²) in [4.78, 5) is 0. The molecular weight excluding hydrogens is 336 g/mol. The second-order valence-corrected chi connectivity index (χ2v) is 11.5. The molecule has 0 amide bonds. The van der Waals surface area contributed by atoms with Crippen LogP contribution in [0.1, 0.15) is 108 Å². The van der Waals surface area contributed by atoms with Crippen LogP contribution in [0.5, 0.6) is 0 Å². The molecule has 0 saturated carbocycles. The van der Waals surface area contributed by atoms with E-state index in [0.717, 1.165) is 11.5 Å². The van der Waals surface area contributed by atoms with Gasteiger partial charge in [0, 0.05) is 0 Å². The number of allylic oxidation sites excluding steroid dienone is 4. The molecule has 164 valence electrons. The minimum atomic E-state index is 0.250. The molecular formula is C28H52. The summed E-state index contributed by atoms with van der Waals surface area (Å²) in [7, 11) is 0. The van der Waals surface area contributed by atoms with Gasteiger partial charge in [-0.25, -0.2) is 0 Å². The Kier molecular flexibility index (Phi) is 11.7. The second kappa shape index (κ2) is 12.0. The first-order valence-corrected chi connectivity index (χ1v) is 11.8. The Labute approximate surface area is 179 Å². The normalized spacial score (nSPS) is 16.8. The predicted molar refractivity (Wildman–Crippen MR) is 131 cm³/mol. The van der Waals surface area contributed by atoms with E-state index in [1.807, 2.05) is 6.08 Å². The minimum Gasteiger partial charge on any atom is -0.0985 e. The molecule has 0 bridgehead atoms. The Morgan fingerprint density at radius 3 is 1.75 bits per heavy atom. The average molecular weight is 389 g/mol. The first kappa shape index (κ1) is 27.2. The van der Waals surface area contributed by atoms with Gasteiger partial charge in [0.05, 0.1) is 0 Å². The van der Waals surface area contributed by atoms with Crippen molar-refractivity contribution in [1.29, 1.82) is 0 Å². The lowest BCUT2D eigenvalue weighted by Gasteiger charge is -2.43. The quantitative estimate of drug-likeness (QED) is 0.292. The lowest BCUT2D eigenvalue weighted by atomic mass is 9.62. The van der Waals surface area contributed by atoms with Gasteiger partial charge in [-0.2, -0.15) is 0 Å². The summed E-state index contributed by atoms with van der Waals surface area (Å²) in [6.45, 7) is 32.2. The van der Waals surface area contributed by atoms with E-state index < -0.39 is 0 Å². The van der Waals surface area contributed by atoms with Crippen LogP contribution in [0.4, 0.5) is 0 Å². The summed E-state index contributed by atoms with van der Waals surface area (Å²) in [6.07, 6.45) is 12.0. The highest BCUT2D eigenvalue weighted by molar-refractivity contribution is 5.32. The van der Waals surface area contributed by atoms with Gasteiger partial charge in [0.2, 0.25) is 0 Å². The largest absolute Gasteiger partial charge is 0.0985 e. The van der Waals surface area contributed by atoms with E-state index in [1.54, 1.807) is 5.57 Å². The molecule has 0 rings (SSSR count). The molecule has 0 aliphatic carbocycles. The van der Waals surface area contributed by atoms with Crippen LogP contribution < -0.4 is 0 Å². The van der Waals surface area contributed by atoms with Crippen molar-refractivity contribution >= 4 is 0 Å². The maximum absolute atomic E-state index is 4.26. The molecule has 3 atom stereocenters. The van der Waals surface area contributed by atoms with Crippen LogP contribution in [0.3, 0.4) is 0 Å². The third-order valence-corrected chi connectivity index (χ3v) is 6.43. The van der Waals surface area contributed by atoms with Crippen LogP contribution in [0.2, 0.25) is 0 Å². The Morgan fingerprint density at radius 2 is 1.39 bits per heavy atom. The Bertz CT molecular complexity index is 485. The van der Waals surface area contributed by atoms with E-state index in [4.69, 9.17) is 0 Å². The van der Waals surface area contributed by atoms with Gasteiger partial charge in [0.1, 0.15) is 0 Å². The number of rotatable bonds is 12.